The van der Waals surface area contributed by atoms with Gasteiger partial charge in [-0.2, -0.15) is 0 Å². The van der Waals surface area contributed by atoms with Gasteiger partial charge in [0.05, 0.1) is 12.8 Å². The monoisotopic (exact) mass is 217 g/mol. The van der Waals surface area contributed by atoms with Crippen molar-refractivity contribution in [1.82, 2.24) is 0 Å². The summed E-state index contributed by atoms with van der Waals surface area (Å²) in [4.78, 5) is 5.76. The van der Waals surface area contributed by atoms with Crippen molar-refractivity contribution < 1.29 is 4.74 Å². The maximum Gasteiger partial charge on any atom is 0.130 e. The Kier molecular flexibility index (Phi) is 5.84. The van der Waals surface area contributed by atoms with Gasteiger partial charge in [-0.15, -0.1) is 0 Å². The molecule has 0 saturated heterocycles. The van der Waals surface area contributed by atoms with E-state index in [1.54, 1.807) is 11.2 Å². The summed E-state index contributed by atoms with van der Waals surface area (Å²) in [5.41, 5.74) is 0.880. The Hall–Kier alpha value is -0.570. The van der Waals surface area contributed by atoms with E-state index in [1.165, 1.54) is 0 Å². The fourth-order valence-corrected chi connectivity index (χ4v) is 0.543. The molecule has 0 aromatic heterocycles. The number of halogens is 1. The fraction of sp³-hybridized carbons (Fsp3) is 0.375. The van der Waals surface area contributed by atoms with E-state index >= 15 is 0 Å². The second kappa shape index (κ2) is 6.16. The third-order valence-electron chi connectivity index (χ3n) is 0.900. The van der Waals surface area contributed by atoms with Crippen LogP contribution in [-0.2, 0) is 4.74 Å². The summed E-state index contributed by atoms with van der Waals surface area (Å²) in [5.74, 6) is 0.584. The van der Waals surface area contributed by atoms with Crippen molar-refractivity contribution in [1.29, 1.82) is 0 Å². The number of ether oxygens (including phenoxy) is 1. The number of aliphatic imine (C=N–C) groups is 1. The average molecular weight is 218 g/mol. The molecule has 0 saturated carbocycles. The van der Waals surface area contributed by atoms with Gasteiger partial charge >= 0.3 is 0 Å². The van der Waals surface area contributed by atoms with Crippen LogP contribution in [0.1, 0.15) is 13.8 Å². The molecular formula is C8H12BrNO. The molecule has 0 unspecified atom stereocenters. The molecule has 0 aliphatic rings. The van der Waals surface area contributed by atoms with Gasteiger partial charge in [0.2, 0.25) is 0 Å². The molecule has 0 fully saturated rings. The topological polar surface area (TPSA) is 21.6 Å². The quantitative estimate of drug-likeness (QED) is 0.525. The Bertz CT molecular complexity index is 185. The fourth-order valence-electron chi connectivity index (χ4n) is 0.425. The SMILES string of the molecule is C=C(/C=N\C(C)=C\Br)OCC. The first kappa shape index (κ1) is 10.4. The van der Waals surface area contributed by atoms with Crippen LogP contribution in [0.2, 0.25) is 0 Å². The molecule has 0 radical (unpaired) electrons. The van der Waals surface area contributed by atoms with E-state index in [-0.39, 0.29) is 0 Å². The van der Waals surface area contributed by atoms with Crippen molar-refractivity contribution >= 4 is 22.1 Å². The van der Waals surface area contributed by atoms with Crippen LogP contribution < -0.4 is 0 Å². The van der Waals surface area contributed by atoms with E-state index in [0.717, 1.165) is 5.70 Å². The lowest BCUT2D eigenvalue weighted by molar-refractivity contribution is 0.253. The molecule has 0 aromatic carbocycles. The molecule has 0 aliphatic heterocycles. The number of rotatable bonds is 4. The van der Waals surface area contributed by atoms with Gasteiger partial charge in [0.1, 0.15) is 5.76 Å². The van der Waals surface area contributed by atoms with E-state index in [0.29, 0.717) is 12.4 Å². The highest BCUT2D eigenvalue weighted by Gasteiger charge is 1.85. The van der Waals surface area contributed by atoms with E-state index in [2.05, 4.69) is 27.5 Å². The molecule has 0 aliphatic carbocycles. The third-order valence-corrected chi connectivity index (χ3v) is 1.56. The van der Waals surface area contributed by atoms with Crippen molar-refractivity contribution in [3.05, 3.63) is 23.0 Å². The second-order valence-corrected chi connectivity index (χ2v) is 2.37. The largest absolute Gasteiger partial charge is 0.493 e. The molecule has 2 nitrogen and oxygen atoms in total. The van der Waals surface area contributed by atoms with Crippen LogP contribution in [0.3, 0.4) is 0 Å². The molecular weight excluding hydrogens is 206 g/mol. The summed E-state index contributed by atoms with van der Waals surface area (Å²) in [6.45, 7) is 8.05. The highest BCUT2D eigenvalue weighted by molar-refractivity contribution is 9.11. The van der Waals surface area contributed by atoms with Crippen LogP contribution in [0.5, 0.6) is 0 Å². The molecule has 0 bridgehead atoms. The molecule has 0 atom stereocenters. The second-order valence-electron chi connectivity index (χ2n) is 1.91. The van der Waals surface area contributed by atoms with Crippen LogP contribution in [0.15, 0.2) is 28.0 Å². The number of allylic oxidation sites excluding steroid dienone is 2. The first-order chi connectivity index (χ1) is 5.20. The predicted molar refractivity (Wildman–Crippen MR) is 51.9 cm³/mol. The number of hydrogen-bond acceptors (Lipinski definition) is 2. The van der Waals surface area contributed by atoms with Gasteiger partial charge < -0.3 is 4.74 Å². The lowest BCUT2D eigenvalue weighted by atomic mass is 10.5. The van der Waals surface area contributed by atoms with Gasteiger partial charge in [-0.05, 0) is 13.8 Å². The molecule has 3 heteroatoms. The molecule has 62 valence electrons. The first-order valence-electron chi connectivity index (χ1n) is 3.33. The summed E-state index contributed by atoms with van der Waals surface area (Å²) < 4.78 is 5.05. The van der Waals surface area contributed by atoms with Crippen molar-refractivity contribution in [2.24, 2.45) is 4.99 Å². The minimum absolute atomic E-state index is 0.584. The van der Waals surface area contributed by atoms with Crippen molar-refractivity contribution in [3.63, 3.8) is 0 Å². The molecule has 0 heterocycles. The Morgan fingerprint density at radius 3 is 2.82 bits per heavy atom. The van der Waals surface area contributed by atoms with Gasteiger partial charge in [-0.3, -0.25) is 4.99 Å². The molecule has 0 rings (SSSR count). The van der Waals surface area contributed by atoms with Crippen molar-refractivity contribution in [2.75, 3.05) is 6.61 Å². The summed E-state index contributed by atoms with van der Waals surface area (Å²) in [7, 11) is 0. The molecule has 0 spiro atoms. The van der Waals surface area contributed by atoms with E-state index < -0.39 is 0 Å². The molecule has 0 aromatic rings. The van der Waals surface area contributed by atoms with Gasteiger partial charge in [-0.1, -0.05) is 22.5 Å². The minimum atomic E-state index is 0.584. The number of nitrogens with zero attached hydrogens (tertiary/aromatic N) is 1. The van der Waals surface area contributed by atoms with Crippen LogP contribution in [-0.4, -0.2) is 12.8 Å². The summed E-state index contributed by atoms with van der Waals surface area (Å²) in [6, 6.07) is 0. The van der Waals surface area contributed by atoms with Crippen molar-refractivity contribution in [2.45, 2.75) is 13.8 Å². The number of hydrogen-bond donors (Lipinski definition) is 0. The molecule has 0 N–H and O–H groups in total. The lowest BCUT2D eigenvalue weighted by Crippen LogP contribution is -1.90. The minimum Gasteiger partial charge on any atom is -0.493 e. The summed E-state index contributed by atoms with van der Waals surface area (Å²) in [6.07, 6.45) is 1.59. The highest BCUT2D eigenvalue weighted by Crippen LogP contribution is 1.99. The van der Waals surface area contributed by atoms with E-state index in [4.69, 9.17) is 4.74 Å². The zero-order valence-corrected chi connectivity index (χ0v) is 8.39. The zero-order chi connectivity index (χ0) is 8.69. The van der Waals surface area contributed by atoms with Crippen LogP contribution in [0, 0.1) is 0 Å². The zero-order valence-electron chi connectivity index (χ0n) is 6.80. The van der Waals surface area contributed by atoms with Gasteiger partial charge in [0, 0.05) is 10.7 Å². The van der Waals surface area contributed by atoms with E-state index in [9.17, 15) is 0 Å². The first-order valence-corrected chi connectivity index (χ1v) is 4.25. The molecule has 0 amide bonds. The molecule has 11 heavy (non-hydrogen) atoms. The highest BCUT2D eigenvalue weighted by atomic mass is 79.9. The van der Waals surface area contributed by atoms with Crippen LogP contribution in [0.25, 0.3) is 0 Å². The average Bonchev–Trinajstić information content (AvgIpc) is 2.01. The Morgan fingerprint density at radius 1 is 1.73 bits per heavy atom. The smallest absolute Gasteiger partial charge is 0.130 e. The lowest BCUT2D eigenvalue weighted by Gasteiger charge is -1.98. The van der Waals surface area contributed by atoms with Crippen LogP contribution >= 0.6 is 15.9 Å². The van der Waals surface area contributed by atoms with Gasteiger partial charge in [0.15, 0.2) is 0 Å². The predicted octanol–water partition coefficient (Wildman–Crippen LogP) is 2.86. The van der Waals surface area contributed by atoms with Crippen LogP contribution in [0.4, 0.5) is 0 Å². The Balaban J connectivity index is 3.83. The maximum absolute atomic E-state index is 5.05. The standard InChI is InChI=1S/C8H12BrNO/c1-4-11-8(3)6-10-7(2)5-9/h5-6H,3-4H2,1-2H3/b7-5+,10-6-. The van der Waals surface area contributed by atoms with Gasteiger partial charge in [0.25, 0.3) is 0 Å². The summed E-state index contributed by atoms with van der Waals surface area (Å²) >= 11 is 3.16. The normalized spacial score (nSPS) is 12.1. The maximum atomic E-state index is 5.05. The van der Waals surface area contributed by atoms with Gasteiger partial charge in [-0.25, -0.2) is 0 Å². The Labute approximate surface area is 75.8 Å². The summed E-state index contributed by atoms with van der Waals surface area (Å²) in [5, 5.41) is 0. The third kappa shape index (κ3) is 5.85. The Morgan fingerprint density at radius 2 is 2.36 bits per heavy atom. The van der Waals surface area contributed by atoms with E-state index in [1.807, 2.05) is 13.8 Å². The van der Waals surface area contributed by atoms with Crippen molar-refractivity contribution in [3.8, 4) is 0 Å².